The van der Waals surface area contributed by atoms with Crippen molar-refractivity contribution in [3.05, 3.63) is 53.6 Å². The van der Waals surface area contributed by atoms with Gasteiger partial charge >= 0.3 is 0 Å². The van der Waals surface area contributed by atoms with Crippen LogP contribution in [0.3, 0.4) is 0 Å². The van der Waals surface area contributed by atoms with Crippen LogP contribution < -0.4 is 10.6 Å². The first-order chi connectivity index (χ1) is 9.54. The lowest BCUT2D eigenvalue weighted by molar-refractivity contribution is 0.0990. The number of phenolic OH excluding ortho intramolecular Hbond substituents is 2. The lowest BCUT2D eigenvalue weighted by atomic mass is 10.1. The molecule has 0 aliphatic heterocycles. The number of aromatic hydroxyl groups is 2. The molecule has 4 N–H and O–H groups in total. The highest BCUT2D eigenvalue weighted by Crippen LogP contribution is 2.30. The van der Waals surface area contributed by atoms with Crippen LogP contribution in [0.5, 0.6) is 11.5 Å². The van der Waals surface area contributed by atoms with E-state index >= 15 is 0 Å². The second-order valence-corrected chi connectivity index (χ2v) is 4.41. The average molecular weight is 272 g/mol. The van der Waals surface area contributed by atoms with Crippen LogP contribution in [0.1, 0.15) is 15.9 Å². The Morgan fingerprint density at radius 2 is 1.90 bits per heavy atom. The molecule has 0 bridgehead atoms. The minimum absolute atomic E-state index is 0.0469. The fraction of sp³-hybridized carbons (Fsp3) is 0.133. The van der Waals surface area contributed by atoms with Gasteiger partial charge in [-0.3, -0.25) is 4.79 Å². The highest BCUT2D eigenvalue weighted by molar-refractivity contribution is 6.07. The first-order valence-corrected chi connectivity index (χ1v) is 6.12. The number of carbonyl (C=O) groups excluding carboxylic acids is 1. The maximum absolute atomic E-state index is 12.3. The number of carbonyl (C=O) groups is 1. The van der Waals surface area contributed by atoms with E-state index in [4.69, 9.17) is 5.73 Å². The highest BCUT2D eigenvalue weighted by atomic mass is 16.3. The van der Waals surface area contributed by atoms with E-state index in [-0.39, 0.29) is 11.3 Å². The number of para-hydroxylation sites is 1. The quantitative estimate of drug-likeness (QED) is 0.744. The molecule has 0 aromatic heterocycles. The molecule has 0 unspecified atom stereocenters. The largest absolute Gasteiger partial charge is 0.504 e. The molecule has 0 aliphatic rings. The molecule has 1 amide bonds. The summed E-state index contributed by atoms with van der Waals surface area (Å²) in [4.78, 5) is 13.7. The van der Waals surface area contributed by atoms with Gasteiger partial charge in [-0.15, -0.1) is 0 Å². The van der Waals surface area contributed by atoms with Crippen molar-refractivity contribution in [3.8, 4) is 11.5 Å². The van der Waals surface area contributed by atoms with E-state index in [1.54, 1.807) is 19.2 Å². The zero-order chi connectivity index (χ0) is 14.7. The Kier molecular flexibility index (Phi) is 3.91. The number of anilines is 1. The van der Waals surface area contributed by atoms with Gasteiger partial charge in [0.2, 0.25) is 0 Å². The zero-order valence-corrected chi connectivity index (χ0v) is 11.1. The molecule has 0 spiro atoms. The molecule has 20 heavy (non-hydrogen) atoms. The molecule has 0 radical (unpaired) electrons. The van der Waals surface area contributed by atoms with E-state index < -0.39 is 11.7 Å². The smallest absolute Gasteiger partial charge is 0.261 e. The summed E-state index contributed by atoms with van der Waals surface area (Å²) in [5.74, 6) is -1.15. The molecule has 0 heterocycles. The summed E-state index contributed by atoms with van der Waals surface area (Å²) in [6, 6.07) is 11.5. The number of benzene rings is 2. The van der Waals surface area contributed by atoms with Crippen molar-refractivity contribution in [3.63, 3.8) is 0 Å². The summed E-state index contributed by atoms with van der Waals surface area (Å²) in [7, 11) is 1.60. The van der Waals surface area contributed by atoms with Crippen LogP contribution in [0.2, 0.25) is 0 Å². The van der Waals surface area contributed by atoms with E-state index in [2.05, 4.69) is 0 Å². The number of amides is 1. The molecule has 2 aromatic rings. The van der Waals surface area contributed by atoms with Gasteiger partial charge in [0.15, 0.2) is 11.5 Å². The van der Waals surface area contributed by atoms with Gasteiger partial charge in [0, 0.05) is 19.3 Å². The van der Waals surface area contributed by atoms with Gasteiger partial charge in [0.25, 0.3) is 5.91 Å². The molecule has 104 valence electrons. The van der Waals surface area contributed by atoms with Gasteiger partial charge in [-0.2, -0.15) is 0 Å². The van der Waals surface area contributed by atoms with Gasteiger partial charge in [-0.1, -0.05) is 18.2 Å². The van der Waals surface area contributed by atoms with Gasteiger partial charge in [-0.05, 0) is 29.8 Å². The number of nitrogens with zero attached hydrogens (tertiary/aromatic N) is 1. The van der Waals surface area contributed by atoms with Crippen LogP contribution in [0.25, 0.3) is 0 Å². The molecule has 2 rings (SSSR count). The van der Waals surface area contributed by atoms with Crippen molar-refractivity contribution in [2.75, 3.05) is 11.9 Å². The number of rotatable bonds is 3. The Morgan fingerprint density at radius 3 is 2.60 bits per heavy atom. The Morgan fingerprint density at radius 1 is 1.20 bits per heavy atom. The minimum Gasteiger partial charge on any atom is -0.504 e. The van der Waals surface area contributed by atoms with Crippen molar-refractivity contribution in [2.24, 2.45) is 5.73 Å². The zero-order valence-electron chi connectivity index (χ0n) is 11.1. The molecule has 2 aromatic carbocycles. The third-order valence-electron chi connectivity index (χ3n) is 3.08. The Bertz CT molecular complexity index is 641. The van der Waals surface area contributed by atoms with Crippen LogP contribution in [0.15, 0.2) is 42.5 Å². The predicted octanol–water partition coefficient (Wildman–Crippen LogP) is 1.83. The molecule has 0 atom stereocenters. The second-order valence-electron chi connectivity index (χ2n) is 4.41. The molecule has 5 heteroatoms. The SMILES string of the molecule is CN(C(=O)c1cccc(O)c1O)c1cccc(CN)c1. The Labute approximate surface area is 116 Å². The maximum atomic E-state index is 12.3. The van der Waals surface area contributed by atoms with E-state index in [9.17, 15) is 15.0 Å². The monoisotopic (exact) mass is 272 g/mol. The summed E-state index contributed by atoms with van der Waals surface area (Å²) >= 11 is 0. The van der Waals surface area contributed by atoms with Crippen molar-refractivity contribution in [1.82, 2.24) is 0 Å². The van der Waals surface area contributed by atoms with Crippen LogP contribution in [0, 0.1) is 0 Å². The van der Waals surface area contributed by atoms with Gasteiger partial charge in [0.1, 0.15) is 0 Å². The number of nitrogens with two attached hydrogens (primary N) is 1. The third kappa shape index (κ3) is 2.57. The normalized spacial score (nSPS) is 10.3. The summed E-state index contributed by atoms with van der Waals surface area (Å²) in [5.41, 5.74) is 7.19. The Hall–Kier alpha value is -2.53. The van der Waals surface area contributed by atoms with Crippen molar-refractivity contribution < 1.29 is 15.0 Å². The molecule has 5 nitrogen and oxygen atoms in total. The van der Waals surface area contributed by atoms with Crippen molar-refractivity contribution in [1.29, 1.82) is 0 Å². The standard InChI is InChI=1S/C15H16N2O3/c1-17(11-5-2-4-10(8-11)9-16)15(20)12-6-3-7-13(18)14(12)19/h2-8,18-19H,9,16H2,1H3. The fourth-order valence-electron chi connectivity index (χ4n) is 1.89. The van der Waals surface area contributed by atoms with Crippen molar-refractivity contribution in [2.45, 2.75) is 6.54 Å². The molecular weight excluding hydrogens is 256 g/mol. The lowest BCUT2D eigenvalue weighted by Gasteiger charge is -2.19. The fourth-order valence-corrected chi connectivity index (χ4v) is 1.89. The summed E-state index contributed by atoms with van der Waals surface area (Å²) < 4.78 is 0. The predicted molar refractivity (Wildman–Crippen MR) is 76.8 cm³/mol. The van der Waals surface area contributed by atoms with Gasteiger partial charge in [0.05, 0.1) is 5.56 Å². The van der Waals surface area contributed by atoms with Gasteiger partial charge < -0.3 is 20.8 Å². The van der Waals surface area contributed by atoms with E-state index in [1.165, 1.54) is 23.1 Å². The summed E-state index contributed by atoms with van der Waals surface area (Å²) in [5, 5.41) is 19.2. The number of phenols is 2. The first-order valence-electron chi connectivity index (χ1n) is 6.12. The van der Waals surface area contributed by atoms with Crippen LogP contribution in [-0.2, 0) is 6.54 Å². The third-order valence-corrected chi connectivity index (χ3v) is 3.08. The maximum Gasteiger partial charge on any atom is 0.261 e. The lowest BCUT2D eigenvalue weighted by Crippen LogP contribution is -2.26. The second kappa shape index (κ2) is 5.63. The first kappa shape index (κ1) is 13.9. The molecule has 0 fully saturated rings. The number of hydrogen-bond acceptors (Lipinski definition) is 4. The van der Waals surface area contributed by atoms with Crippen LogP contribution in [0.4, 0.5) is 5.69 Å². The van der Waals surface area contributed by atoms with Crippen LogP contribution >= 0.6 is 0 Å². The van der Waals surface area contributed by atoms with Crippen LogP contribution in [-0.4, -0.2) is 23.2 Å². The molecule has 0 aliphatic carbocycles. The van der Waals surface area contributed by atoms with E-state index in [1.807, 2.05) is 12.1 Å². The minimum atomic E-state index is -0.417. The Balaban J connectivity index is 2.35. The summed E-state index contributed by atoms with van der Waals surface area (Å²) in [6.07, 6.45) is 0. The number of hydrogen-bond donors (Lipinski definition) is 3. The highest BCUT2D eigenvalue weighted by Gasteiger charge is 2.19. The molecule has 0 saturated heterocycles. The van der Waals surface area contributed by atoms with E-state index in [0.717, 1.165) is 5.56 Å². The van der Waals surface area contributed by atoms with E-state index in [0.29, 0.717) is 12.2 Å². The topological polar surface area (TPSA) is 86.8 Å². The van der Waals surface area contributed by atoms with Crippen molar-refractivity contribution >= 4 is 11.6 Å². The summed E-state index contributed by atoms with van der Waals surface area (Å²) in [6.45, 7) is 0.382. The molecule has 0 saturated carbocycles. The van der Waals surface area contributed by atoms with Gasteiger partial charge in [-0.25, -0.2) is 0 Å². The average Bonchev–Trinajstić information content (AvgIpc) is 2.48. The molecular formula is C15H16N2O3.